The summed E-state index contributed by atoms with van der Waals surface area (Å²) in [5.41, 5.74) is -12.8. The van der Waals surface area contributed by atoms with Gasteiger partial charge < -0.3 is 43.7 Å². The lowest BCUT2D eigenvalue weighted by atomic mass is 9.43. The Hall–Kier alpha value is -3.24. The van der Waals surface area contributed by atoms with E-state index in [0.717, 1.165) is 130 Å². The highest BCUT2D eigenvalue weighted by Gasteiger charge is 2.70. The lowest BCUT2D eigenvalue weighted by molar-refractivity contribution is -0.301. The van der Waals surface area contributed by atoms with E-state index >= 15 is 0 Å². The van der Waals surface area contributed by atoms with E-state index in [0.29, 0.717) is 97.2 Å². The van der Waals surface area contributed by atoms with Gasteiger partial charge in [0.25, 0.3) is 0 Å². The van der Waals surface area contributed by atoms with Gasteiger partial charge in [0.2, 0.25) is 0 Å². The molecule has 12 nitrogen and oxygen atoms in total. The van der Waals surface area contributed by atoms with Gasteiger partial charge in [-0.15, -0.1) is 0 Å². The Morgan fingerprint density at radius 3 is 1.10 bits per heavy atom. The van der Waals surface area contributed by atoms with Crippen molar-refractivity contribution >= 4 is 17.9 Å². The van der Waals surface area contributed by atoms with Gasteiger partial charge in [-0.2, -0.15) is 39.5 Å². The van der Waals surface area contributed by atoms with Crippen LogP contribution in [0.1, 0.15) is 223 Å². The van der Waals surface area contributed by atoms with Gasteiger partial charge in [0.15, 0.2) is 16.8 Å². The standard InChI is InChI=1S/C23H33F3O4.C23H35F3O4.C21H31F3O4/c1-15(2)18(27)30-21-11-16-8-17(12-21)10-20(9-16,13-21)22(6-4-5-7-22)29-14-19(3,28)23(24,25)26;1-6-22(7-2,29-14-19(5,28)23(24,25)26)20-9-16-8-17(10-20)12-21(11-16,13-20)30-18(27)15(3)4;1-13(2)16(25)28-20-9-14-6-15(10-20)8-19(7-14,11-20)17(3,4)27-12-18(5,26)21(22,23)24/h16-17,28H,1,4-14H2,2-3H3;16-17,28H,3,6-14H2,1-2,4-5H3;14-15,26H,1,6-12H2,2-5H3. The van der Waals surface area contributed by atoms with Crippen LogP contribution in [-0.2, 0) is 42.8 Å². The minimum Gasteiger partial charge on any atom is -0.456 e. The van der Waals surface area contributed by atoms with Crippen molar-refractivity contribution in [2.24, 2.45) is 51.8 Å². The van der Waals surface area contributed by atoms with E-state index in [1.165, 1.54) is 0 Å². The predicted molar refractivity (Wildman–Crippen MR) is 309 cm³/mol. The smallest absolute Gasteiger partial charge is 0.419 e. The molecule has 0 radical (unpaired) electrons. The Morgan fingerprint density at radius 1 is 0.455 bits per heavy atom. The second-order valence-corrected chi connectivity index (χ2v) is 31.4. The van der Waals surface area contributed by atoms with Crippen molar-refractivity contribution < 1.29 is 97.6 Å². The summed E-state index contributed by atoms with van der Waals surface area (Å²) >= 11 is 0. The molecule has 9 atom stereocenters. The molecular formula is C67H99F9O12. The second kappa shape index (κ2) is 23.6. The third kappa shape index (κ3) is 13.3. The number of aliphatic hydroxyl groups is 3. The average molecular weight is 1270 g/mol. The zero-order valence-corrected chi connectivity index (χ0v) is 53.6. The molecule has 502 valence electrons. The molecule has 9 unspecified atom stereocenters. The molecule has 88 heavy (non-hydrogen) atoms. The Labute approximate surface area is 514 Å². The number of carbonyl (C=O) groups is 3. The van der Waals surface area contributed by atoms with E-state index in [9.17, 15) is 69.2 Å². The fourth-order valence-electron chi connectivity index (χ4n) is 19.9. The maximum Gasteiger partial charge on any atom is 0.419 e. The highest BCUT2D eigenvalue weighted by atomic mass is 19.4. The molecule has 0 aliphatic heterocycles. The average Bonchev–Trinajstić information content (AvgIpc) is 0.911. The zero-order chi connectivity index (χ0) is 65.8. The molecule has 13 aliphatic carbocycles. The summed E-state index contributed by atoms with van der Waals surface area (Å²) in [6.45, 7) is 23.4. The first-order valence-corrected chi connectivity index (χ1v) is 32.1. The number of carbonyl (C=O) groups excluding carboxylic acids is 3. The van der Waals surface area contributed by atoms with Gasteiger partial charge in [0, 0.05) is 33.0 Å². The molecule has 21 heteroatoms. The molecule has 13 rings (SSSR count). The summed E-state index contributed by atoms with van der Waals surface area (Å²) in [4.78, 5) is 37.0. The molecule has 13 aliphatic rings. The van der Waals surface area contributed by atoms with E-state index in [2.05, 4.69) is 19.7 Å². The Morgan fingerprint density at radius 2 is 0.761 bits per heavy atom. The van der Waals surface area contributed by atoms with Crippen LogP contribution in [0.5, 0.6) is 0 Å². The van der Waals surface area contributed by atoms with Gasteiger partial charge >= 0.3 is 36.4 Å². The summed E-state index contributed by atoms with van der Waals surface area (Å²) in [5.74, 6) is 1.08. The molecule has 0 aromatic rings. The van der Waals surface area contributed by atoms with Crippen molar-refractivity contribution in [1.29, 1.82) is 0 Å². The Bertz CT molecular complexity index is 2490. The zero-order valence-electron chi connectivity index (χ0n) is 53.6. The van der Waals surface area contributed by atoms with E-state index in [1.54, 1.807) is 34.6 Å². The summed E-state index contributed by atoms with van der Waals surface area (Å²) in [6, 6.07) is 0. The van der Waals surface area contributed by atoms with Crippen LogP contribution in [0.4, 0.5) is 39.5 Å². The maximum atomic E-state index is 13.3. The van der Waals surface area contributed by atoms with E-state index in [4.69, 9.17) is 28.4 Å². The van der Waals surface area contributed by atoms with Crippen molar-refractivity contribution in [3.8, 4) is 0 Å². The molecule has 0 heterocycles. The molecule has 13 fully saturated rings. The topological polar surface area (TPSA) is 167 Å². The van der Waals surface area contributed by atoms with Gasteiger partial charge in [-0.05, 0) is 232 Å². The fourth-order valence-corrected chi connectivity index (χ4v) is 19.9. The number of rotatable bonds is 20. The Balaban J connectivity index is 0.000000171. The van der Waals surface area contributed by atoms with Crippen molar-refractivity contribution in [2.45, 2.75) is 292 Å². The van der Waals surface area contributed by atoms with Crippen LogP contribution in [0.15, 0.2) is 36.5 Å². The van der Waals surface area contributed by atoms with Gasteiger partial charge in [0.1, 0.15) is 16.8 Å². The highest BCUT2D eigenvalue weighted by molar-refractivity contribution is 5.88. The molecule has 0 saturated heterocycles. The SMILES string of the molecule is C=C(C)C(=O)OC12CC3CC(C1)CC(C(C)(C)OCC(C)(O)C(F)(F)F)(C3)C2.C=C(C)C(=O)OC12CC3CC(C1)CC(C(CC)(CC)OCC(C)(O)C(F)(F)F)(C3)C2.C=C(C)C(=O)OC12CC3CC(C1)CC(C1(OCC(C)(O)C(F)(F)F)CCCC1)(C3)C2. The van der Waals surface area contributed by atoms with Crippen molar-refractivity contribution in [2.75, 3.05) is 19.8 Å². The summed E-state index contributed by atoms with van der Waals surface area (Å²) < 4.78 is 155. The summed E-state index contributed by atoms with van der Waals surface area (Å²) in [6.07, 6.45) is 5.12. The molecular weight excluding hydrogens is 1170 g/mol. The number of halogens is 9. The number of ether oxygens (including phenoxy) is 6. The summed E-state index contributed by atoms with van der Waals surface area (Å²) in [5, 5.41) is 29.8. The van der Waals surface area contributed by atoms with E-state index in [1.807, 2.05) is 13.8 Å². The molecule has 0 amide bonds. The highest BCUT2D eigenvalue weighted by Crippen LogP contribution is 2.71. The molecule has 0 spiro atoms. The van der Waals surface area contributed by atoms with Gasteiger partial charge in [0.05, 0.1) is 36.6 Å². The number of hydrogen-bond donors (Lipinski definition) is 3. The fraction of sp³-hybridized carbons (Fsp3) is 0.866. The second-order valence-electron chi connectivity index (χ2n) is 31.4. The van der Waals surface area contributed by atoms with Crippen molar-refractivity contribution in [3.63, 3.8) is 0 Å². The third-order valence-corrected chi connectivity index (χ3v) is 23.6. The largest absolute Gasteiger partial charge is 0.456 e. The predicted octanol–water partition coefficient (Wildman–Crippen LogP) is 15.0. The molecule has 0 aromatic carbocycles. The van der Waals surface area contributed by atoms with Gasteiger partial charge in [-0.3, -0.25) is 0 Å². The van der Waals surface area contributed by atoms with Gasteiger partial charge in [-0.1, -0.05) is 46.4 Å². The lowest BCUT2D eigenvalue weighted by Gasteiger charge is -2.66. The van der Waals surface area contributed by atoms with E-state index < -0.39 is 101 Å². The molecule has 0 aromatic heterocycles. The molecule has 3 N–H and O–H groups in total. The Kier molecular flexibility index (Phi) is 19.0. The van der Waals surface area contributed by atoms with Gasteiger partial charge in [-0.25, -0.2) is 14.4 Å². The van der Waals surface area contributed by atoms with Crippen LogP contribution < -0.4 is 0 Å². The number of alkyl halides is 9. The maximum absolute atomic E-state index is 13.3. The van der Waals surface area contributed by atoms with Crippen LogP contribution in [-0.4, -0.2) is 122 Å². The van der Waals surface area contributed by atoms with Crippen molar-refractivity contribution in [1.82, 2.24) is 0 Å². The number of esters is 3. The summed E-state index contributed by atoms with van der Waals surface area (Å²) in [7, 11) is 0. The van der Waals surface area contributed by atoms with Crippen LogP contribution >= 0.6 is 0 Å². The number of hydrogen-bond acceptors (Lipinski definition) is 12. The lowest BCUT2D eigenvalue weighted by Crippen LogP contribution is -2.65. The van der Waals surface area contributed by atoms with Crippen LogP contribution in [0.3, 0.4) is 0 Å². The van der Waals surface area contributed by atoms with Crippen LogP contribution in [0, 0.1) is 51.8 Å². The minimum atomic E-state index is -4.76. The monoisotopic (exact) mass is 1270 g/mol. The normalized spacial score (nSPS) is 37.0. The van der Waals surface area contributed by atoms with Crippen LogP contribution in [0.2, 0.25) is 0 Å². The molecule has 12 bridgehead atoms. The van der Waals surface area contributed by atoms with Crippen LogP contribution in [0.25, 0.3) is 0 Å². The molecule has 13 saturated carbocycles. The first kappa shape index (κ1) is 70.6. The third-order valence-electron chi connectivity index (χ3n) is 23.6. The van der Waals surface area contributed by atoms with Crippen molar-refractivity contribution in [3.05, 3.63) is 36.5 Å². The minimum absolute atomic E-state index is 0.301. The first-order chi connectivity index (χ1) is 40.1. The first-order valence-electron chi connectivity index (χ1n) is 32.1. The van der Waals surface area contributed by atoms with E-state index in [-0.39, 0.29) is 22.2 Å². The quantitative estimate of drug-likeness (QED) is 0.0458.